The maximum Gasteiger partial charge on any atom is 0.376 e. The van der Waals surface area contributed by atoms with E-state index in [9.17, 15) is 5.02 Å². The molecule has 1 aromatic carbocycles. The van der Waals surface area contributed by atoms with Crippen molar-refractivity contribution in [1.82, 2.24) is 14.6 Å². The van der Waals surface area contributed by atoms with E-state index >= 15 is 0 Å². The molecular formula is C17H28BN3O. The Balaban J connectivity index is 1.67. The summed E-state index contributed by atoms with van der Waals surface area (Å²) in [5.41, 5.74) is 2.77. The molecule has 4 nitrogen and oxygen atoms in total. The van der Waals surface area contributed by atoms with Crippen molar-refractivity contribution in [2.75, 3.05) is 39.8 Å². The highest BCUT2D eigenvalue weighted by Crippen LogP contribution is 2.32. The fourth-order valence-electron chi connectivity index (χ4n) is 3.76. The lowest BCUT2D eigenvalue weighted by Crippen LogP contribution is -2.43. The van der Waals surface area contributed by atoms with Crippen LogP contribution in [0.3, 0.4) is 0 Å². The van der Waals surface area contributed by atoms with Crippen LogP contribution in [0.15, 0.2) is 24.3 Å². The number of nitrogens with zero attached hydrogens (tertiary/aromatic N) is 3. The molecule has 1 atom stereocenters. The molecule has 22 heavy (non-hydrogen) atoms. The van der Waals surface area contributed by atoms with E-state index in [1.54, 1.807) is 0 Å². The van der Waals surface area contributed by atoms with E-state index in [2.05, 4.69) is 45.9 Å². The van der Waals surface area contributed by atoms with Gasteiger partial charge in [-0.05, 0) is 44.4 Å². The zero-order valence-corrected chi connectivity index (χ0v) is 13.9. The highest BCUT2D eigenvalue weighted by molar-refractivity contribution is 6.45. The highest BCUT2D eigenvalue weighted by Gasteiger charge is 2.31. The minimum atomic E-state index is -0.353. The predicted molar refractivity (Wildman–Crippen MR) is 91.7 cm³/mol. The quantitative estimate of drug-likeness (QED) is 0.857. The molecule has 3 rings (SSSR count). The van der Waals surface area contributed by atoms with Gasteiger partial charge in [0.15, 0.2) is 0 Å². The molecule has 2 fully saturated rings. The van der Waals surface area contributed by atoms with Gasteiger partial charge in [0.25, 0.3) is 0 Å². The zero-order valence-electron chi connectivity index (χ0n) is 13.9. The molecule has 2 saturated heterocycles. The van der Waals surface area contributed by atoms with Gasteiger partial charge in [-0.15, -0.1) is 0 Å². The summed E-state index contributed by atoms with van der Waals surface area (Å²) in [5, 5.41) is 9.95. The second-order valence-corrected chi connectivity index (χ2v) is 6.85. The highest BCUT2D eigenvalue weighted by atomic mass is 16.2. The van der Waals surface area contributed by atoms with E-state index in [0.29, 0.717) is 6.04 Å². The van der Waals surface area contributed by atoms with Crippen molar-refractivity contribution < 1.29 is 5.02 Å². The fourth-order valence-corrected chi connectivity index (χ4v) is 3.76. The van der Waals surface area contributed by atoms with Gasteiger partial charge >= 0.3 is 7.05 Å². The molecule has 0 amide bonds. The van der Waals surface area contributed by atoms with E-state index in [1.807, 2.05) is 6.82 Å². The van der Waals surface area contributed by atoms with Crippen molar-refractivity contribution in [3.8, 4) is 0 Å². The lowest BCUT2D eigenvalue weighted by molar-refractivity contribution is 0.148. The monoisotopic (exact) mass is 301 g/mol. The van der Waals surface area contributed by atoms with Gasteiger partial charge in [-0.2, -0.15) is 0 Å². The first kappa shape index (κ1) is 16.0. The average Bonchev–Trinajstić information content (AvgIpc) is 3.00. The molecule has 2 aliphatic rings. The topological polar surface area (TPSA) is 30.0 Å². The number of piperazine rings is 1. The molecule has 0 spiro atoms. The van der Waals surface area contributed by atoms with Crippen LogP contribution < -0.4 is 0 Å². The summed E-state index contributed by atoms with van der Waals surface area (Å²) in [6.45, 7) is 8.57. The van der Waals surface area contributed by atoms with E-state index < -0.39 is 0 Å². The van der Waals surface area contributed by atoms with Crippen molar-refractivity contribution in [3.63, 3.8) is 0 Å². The molecule has 5 heteroatoms. The van der Waals surface area contributed by atoms with Crippen LogP contribution in [0.5, 0.6) is 0 Å². The summed E-state index contributed by atoms with van der Waals surface area (Å²) in [6.07, 6.45) is 2.33. The third-order valence-corrected chi connectivity index (χ3v) is 5.11. The van der Waals surface area contributed by atoms with Crippen LogP contribution in [0.25, 0.3) is 0 Å². The van der Waals surface area contributed by atoms with E-state index in [1.165, 1.54) is 17.5 Å². The van der Waals surface area contributed by atoms with E-state index in [4.69, 9.17) is 0 Å². The lowest BCUT2D eigenvalue weighted by Gasteiger charge is -2.32. The summed E-state index contributed by atoms with van der Waals surface area (Å²) in [6, 6.07) is 9.37. The Morgan fingerprint density at radius 2 is 1.95 bits per heavy atom. The second kappa shape index (κ2) is 7.13. The summed E-state index contributed by atoms with van der Waals surface area (Å²) >= 11 is 0. The van der Waals surface area contributed by atoms with Gasteiger partial charge in [0.2, 0.25) is 0 Å². The molecule has 120 valence electrons. The van der Waals surface area contributed by atoms with Crippen molar-refractivity contribution in [3.05, 3.63) is 35.4 Å². The first-order valence-electron chi connectivity index (χ1n) is 8.57. The number of rotatable bonds is 4. The number of hydrogen-bond donors (Lipinski definition) is 1. The van der Waals surface area contributed by atoms with Crippen LogP contribution in [0.2, 0.25) is 6.82 Å². The molecule has 0 bridgehead atoms. The standard InChI is InChI=1S/C17H28BN3O/c1-18(22)21-8-4-7-17(21)16-6-3-5-15(13-16)14-20-11-9-19(2)10-12-20/h3,5-6,13,17,22H,4,7-12,14H2,1-2H3. The SMILES string of the molecule is CB(O)N1CCCC1c1cccc(CN2CCN(C)CC2)c1. The largest absolute Gasteiger partial charge is 0.437 e. The molecule has 1 N–H and O–H groups in total. The minimum Gasteiger partial charge on any atom is -0.437 e. The molecule has 0 aliphatic carbocycles. The molecule has 1 unspecified atom stereocenters. The Labute approximate surface area is 134 Å². The normalized spacial score (nSPS) is 24.8. The van der Waals surface area contributed by atoms with Crippen LogP contribution in [0.4, 0.5) is 0 Å². The summed E-state index contributed by atoms with van der Waals surface area (Å²) in [5.74, 6) is 0. The molecule has 2 heterocycles. The van der Waals surface area contributed by atoms with E-state index in [-0.39, 0.29) is 7.05 Å². The van der Waals surface area contributed by atoms with Gasteiger partial charge in [0, 0.05) is 38.8 Å². The van der Waals surface area contributed by atoms with Crippen molar-refractivity contribution in [1.29, 1.82) is 0 Å². The Morgan fingerprint density at radius 1 is 1.18 bits per heavy atom. The van der Waals surface area contributed by atoms with Crippen LogP contribution in [-0.2, 0) is 6.54 Å². The zero-order chi connectivity index (χ0) is 15.5. The maximum atomic E-state index is 9.95. The number of hydrogen-bond acceptors (Lipinski definition) is 4. The summed E-state index contributed by atoms with van der Waals surface area (Å²) < 4.78 is 0. The second-order valence-electron chi connectivity index (χ2n) is 6.85. The van der Waals surface area contributed by atoms with Gasteiger partial charge in [-0.1, -0.05) is 24.3 Å². The third kappa shape index (κ3) is 3.71. The van der Waals surface area contributed by atoms with Crippen molar-refractivity contribution >= 4 is 7.05 Å². The van der Waals surface area contributed by atoms with Crippen LogP contribution in [-0.4, -0.2) is 66.5 Å². The van der Waals surface area contributed by atoms with Gasteiger partial charge < -0.3 is 14.7 Å². The predicted octanol–water partition coefficient (Wildman–Crippen LogP) is 1.68. The van der Waals surface area contributed by atoms with Crippen LogP contribution in [0, 0.1) is 0 Å². The van der Waals surface area contributed by atoms with E-state index in [0.717, 1.165) is 45.7 Å². The van der Waals surface area contributed by atoms with Crippen molar-refractivity contribution in [2.24, 2.45) is 0 Å². The third-order valence-electron chi connectivity index (χ3n) is 5.11. The van der Waals surface area contributed by atoms with Gasteiger partial charge in [-0.3, -0.25) is 4.90 Å². The molecular weight excluding hydrogens is 273 g/mol. The minimum absolute atomic E-state index is 0.353. The molecule has 0 aromatic heterocycles. The molecule has 0 saturated carbocycles. The first-order chi connectivity index (χ1) is 10.6. The summed E-state index contributed by atoms with van der Waals surface area (Å²) in [4.78, 5) is 7.15. The lowest BCUT2D eigenvalue weighted by atomic mass is 9.83. The van der Waals surface area contributed by atoms with Crippen LogP contribution in [0.1, 0.15) is 30.0 Å². The average molecular weight is 301 g/mol. The summed E-state index contributed by atoms with van der Waals surface area (Å²) in [7, 11) is 1.84. The maximum absolute atomic E-state index is 9.95. The van der Waals surface area contributed by atoms with Gasteiger partial charge in [0.1, 0.15) is 0 Å². The Bertz CT molecular complexity index is 489. The fraction of sp³-hybridized carbons (Fsp3) is 0.647. The van der Waals surface area contributed by atoms with Crippen molar-refractivity contribution in [2.45, 2.75) is 32.3 Å². The smallest absolute Gasteiger partial charge is 0.376 e. The van der Waals surface area contributed by atoms with Crippen LogP contribution >= 0.6 is 0 Å². The molecule has 0 radical (unpaired) electrons. The molecule has 1 aromatic rings. The van der Waals surface area contributed by atoms with Gasteiger partial charge in [-0.25, -0.2) is 0 Å². The first-order valence-corrected chi connectivity index (χ1v) is 8.57. The number of benzene rings is 1. The molecule has 2 aliphatic heterocycles. The Hall–Kier alpha value is -0.875. The number of likely N-dealkylation sites (N-methyl/N-ethyl adjacent to an activating group) is 1. The van der Waals surface area contributed by atoms with Gasteiger partial charge in [0.05, 0.1) is 0 Å². The Morgan fingerprint density at radius 3 is 2.68 bits per heavy atom. The Kier molecular flexibility index (Phi) is 5.19.